The fourth-order valence-corrected chi connectivity index (χ4v) is 2.26. The lowest BCUT2D eigenvalue weighted by molar-refractivity contribution is -0.0499. The summed E-state index contributed by atoms with van der Waals surface area (Å²) in [4.78, 5) is 0. The van der Waals surface area contributed by atoms with Crippen molar-refractivity contribution in [1.82, 2.24) is 5.32 Å². The van der Waals surface area contributed by atoms with E-state index >= 15 is 0 Å². The van der Waals surface area contributed by atoms with Gasteiger partial charge in [0.2, 0.25) is 0 Å². The highest BCUT2D eigenvalue weighted by atomic mass is 19.3. The second kappa shape index (κ2) is 8.39. The van der Waals surface area contributed by atoms with E-state index in [0.29, 0.717) is 11.1 Å². The minimum Gasteiger partial charge on any atom is -0.435 e. The molecule has 2 atom stereocenters. The number of rotatable bonds is 7. The molecule has 0 heterocycles. The summed E-state index contributed by atoms with van der Waals surface area (Å²) in [5, 5.41) is 22.1. The Morgan fingerprint density at radius 2 is 1.88 bits per heavy atom. The Bertz CT molecular complexity index is 699. The minimum absolute atomic E-state index is 0.101. The van der Waals surface area contributed by atoms with Gasteiger partial charge in [0.25, 0.3) is 0 Å². The quantitative estimate of drug-likeness (QED) is 0.814. The highest BCUT2D eigenvalue weighted by Crippen LogP contribution is 2.21. The molecular formula is C18H18F2N2O2. The first kappa shape index (κ1) is 17.9. The second-order valence-corrected chi connectivity index (χ2v) is 5.33. The fourth-order valence-electron chi connectivity index (χ4n) is 2.26. The van der Waals surface area contributed by atoms with Crippen LogP contribution in [0, 0.1) is 11.3 Å². The molecular weight excluding hydrogens is 314 g/mol. The van der Waals surface area contributed by atoms with E-state index in [0.717, 1.165) is 5.56 Å². The van der Waals surface area contributed by atoms with Crippen LogP contribution in [0.25, 0.3) is 0 Å². The number of hydrogen-bond acceptors (Lipinski definition) is 4. The molecule has 2 unspecified atom stereocenters. The molecule has 0 saturated carbocycles. The zero-order chi connectivity index (χ0) is 17.5. The Hall–Kier alpha value is -2.49. The number of nitriles is 1. The molecule has 2 N–H and O–H groups in total. The molecule has 0 aromatic heterocycles. The maximum absolute atomic E-state index is 12.3. The predicted octanol–water partition coefficient (Wildman–Crippen LogP) is 3.54. The van der Waals surface area contributed by atoms with Crippen molar-refractivity contribution in [1.29, 1.82) is 5.26 Å². The van der Waals surface area contributed by atoms with Crippen molar-refractivity contribution < 1.29 is 18.6 Å². The van der Waals surface area contributed by atoms with Gasteiger partial charge in [0.1, 0.15) is 5.75 Å². The van der Waals surface area contributed by atoms with Gasteiger partial charge in [0.15, 0.2) is 0 Å². The lowest BCUT2D eigenvalue weighted by atomic mass is 10.1. The zero-order valence-electron chi connectivity index (χ0n) is 13.1. The Morgan fingerprint density at radius 1 is 1.17 bits per heavy atom. The molecule has 2 aromatic rings. The van der Waals surface area contributed by atoms with Gasteiger partial charge in [-0.3, -0.25) is 0 Å². The molecule has 2 aromatic carbocycles. The van der Waals surface area contributed by atoms with Gasteiger partial charge in [-0.15, -0.1) is 0 Å². The summed E-state index contributed by atoms with van der Waals surface area (Å²) in [6.07, 6.45) is -0.735. The van der Waals surface area contributed by atoms with E-state index in [9.17, 15) is 13.9 Å². The molecule has 0 radical (unpaired) electrons. The van der Waals surface area contributed by atoms with Crippen molar-refractivity contribution in [3.63, 3.8) is 0 Å². The van der Waals surface area contributed by atoms with Crippen LogP contribution in [0.3, 0.4) is 0 Å². The van der Waals surface area contributed by atoms with E-state index in [1.54, 1.807) is 36.4 Å². The maximum atomic E-state index is 12.3. The number of hydrogen-bond donors (Lipinski definition) is 2. The third-order valence-electron chi connectivity index (χ3n) is 3.63. The summed E-state index contributed by atoms with van der Waals surface area (Å²) in [6, 6.07) is 15.0. The lowest BCUT2D eigenvalue weighted by Gasteiger charge is -2.18. The molecule has 6 heteroatoms. The van der Waals surface area contributed by atoms with Gasteiger partial charge in [-0.1, -0.05) is 24.3 Å². The molecule has 0 aliphatic rings. The van der Waals surface area contributed by atoms with Crippen LogP contribution in [0.2, 0.25) is 0 Å². The van der Waals surface area contributed by atoms with Crippen molar-refractivity contribution in [3.05, 3.63) is 65.2 Å². The van der Waals surface area contributed by atoms with E-state index in [1.165, 1.54) is 12.1 Å². The monoisotopic (exact) mass is 332 g/mol. The molecule has 0 saturated heterocycles. The molecule has 0 fully saturated rings. The maximum Gasteiger partial charge on any atom is 0.387 e. The summed E-state index contributed by atoms with van der Waals surface area (Å²) in [7, 11) is 0. The smallest absolute Gasteiger partial charge is 0.387 e. The van der Waals surface area contributed by atoms with Crippen molar-refractivity contribution in [3.8, 4) is 11.8 Å². The Kier molecular flexibility index (Phi) is 6.24. The molecule has 0 bridgehead atoms. The number of ether oxygens (including phenoxy) is 1. The van der Waals surface area contributed by atoms with Gasteiger partial charge < -0.3 is 15.2 Å². The molecule has 126 valence electrons. The average molecular weight is 332 g/mol. The summed E-state index contributed by atoms with van der Waals surface area (Å²) >= 11 is 0. The van der Waals surface area contributed by atoms with Crippen LogP contribution < -0.4 is 10.1 Å². The van der Waals surface area contributed by atoms with E-state index in [1.807, 2.05) is 13.0 Å². The van der Waals surface area contributed by atoms with Crippen LogP contribution in [-0.2, 0) is 0 Å². The lowest BCUT2D eigenvalue weighted by Crippen LogP contribution is -2.24. The van der Waals surface area contributed by atoms with E-state index in [2.05, 4.69) is 10.1 Å². The first-order valence-electron chi connectivity index (χ1n) is 7.46. The van der Waals surface area contributed by atoms with Gasteiger partial charge in [-0.2, -0.15) is 14.0 Å². The van der Waals surface area contributed by atoms with Crippen molar-refractivity contribution in [2.24, 2.45) is 0 Å². The Balaban J connectivity index is 1.94. The SMILES string of the molecule is CC(NCC(O)c1ccc(C#N)cc1)c1cccc(OC(F)F)c1. The minimum atomic E-state index is -2.86. The van der Waals surface area contributed by atoms with Crippen LogP contribution in [0.1, 0.15) is 35.8 Å². The normalized spacial score (nSPS) is 13.3. The molecule has 0 spiro atoms. The van der Waals surface area contributed by atoms with Crippen molar-refractivity contribution in [2.45, 2.75) is 25.7 Å². The third-order valence-corrected chi connectivity index (χ3v) is 3.63. The molecule has 0 amide bonds. The highest BCUT2D eigenvalue weighted by molar-refractivity contribution is 5.33. The number of aliphatic hydroxyl groups is 1. The number of benzene rings is 2. The van der Waals surface area contributed by atoms with E-state index in [4.69, 9.17) is 5.26 Å². The molecule has 24 heavy (non-hydrogen) atoms. The summed E-state index contributed by atoms with van der Waals surface area (Å²) in [5.74, 6) is 0.101. The molecule has 0 aliphatic carbocycles. The zero-order valence-corrected chi connectivity index (χ0v) is 13.1. The number of alkyl halides is 2. The van der Waals surface area contributed by atoms with Crippen molar-refractivity contribution in [2.75, 3.05) is 6.54 Å². The van der Waals surface area contributed by atoms with Gasteiger partial charge in [0, 0.05) is 12.6 Å². The number of nitrogens with one attached hydrogen (secondary N) is 1. The topological polar surface area (TPSA) is 65.3 Å². The summed E-state index contributed by atoms with van der Waals surface area (Å²) in [6.45, 7) is -0.707. The number of aliphatic hydroxyl groups excluding tert-OH is 1. The standard InChI is InChI=1S/C18H18F2N2O2/c1-12(15-3-2-4-16(9-15)24-18(19)20)22-11-17(23)14-7-5-13(10-21)6-8-14/h2-9,12,17-18,22-23H,11H2,1H3. The van der Waals surface area contributed by atoms with Crippen LogP contribution in [0.4, 0.5) is 8.78 Å². The van der Waals surface area contributed by atoms with Gasteiger partial charge in [-0.05, 0) is 42.3 Å². The Labute approximate surface area is 139 Å². The number of halogens is 2. The highest BCUT2D eigenvalue weighted by Gasteiger charge is 2.12. The average Bonchev–Trinajstić information content (AvgIpc) is 2.59. The molecule has 0 aliphatic heterocycles. The molecule has 4 nitrogen and oxygen atoms in total. The van der Waals surface area contributed by atoms with Gasteiger partial charge >= 0.3 is 6.61 Å². The molecule has 2 rings (SSSR count). The van der Waals surface area contributed by atoms with Crippen LogP contribution >= 0.6 is 0 Å². The van der Waals surface area contributed by atoms with Crippen LogP contribution in [-0.4, -0.2) is 18.3 Å². The fraction of sp³-hybridized carbons (Fsp3) is 0.278. The van der Waals surface area contributed by atoms with Gasteiger partial charge in [-0.25, -0.2) is 0 Å². The van der Waals surface area contributed by atoms with E-state index in [-0.39, 0.29) is 18.3 Å². The van der Waals surface area contributed by atoms with Crippen LogP contribution in [0.15, 0.2) is 48.5 Å². The summed E-state index contributed by atoms with van der Waals surface area (Å²) < 4.78 is 28.9. The van der Waals surface area contributed by atoms with Gasteiger partial charge in [0.05, 0.1) is 17.7 Å². The third kappa shape index (κ3) is 5.01. The second-order valence-electron chi connectivity index (χ2n) is 5.33. The predicted molar refractivity (Wildman–Crippen MR) is 85.6 cm³/mol. The first-order valence-corrected chi connectivity index (χ1v) is 7.46. The van der Waals surface area contributed by atoms with Crippen molar-refractivity contribution >= 4 is 0 Å². The summed E-state index contributed by atoms with van der Waals surface area (Å²) in [5.41, 5.74) is 2.01. The van der Waals surface area contributed by atoms with E-state index < -0.39 is 12.7 Å². The van der Waals surface area contributed by atoms with Crippen LogP contribution in [0.5, 0.6) is 5.75 Å². The first-order chi connectivity index (χ1) is 11.5. The Morgan fingerprint density at radius 3 is 2.50 bits per heavy atom. The number of nitrogens with zero attached hydrogens (tertiary/aromatic N) is 1. The largest absolute Gasteiger partial charge is 0.435 e.